The first kappa shape index (κ1) is 16.7. The van der Waals surface area contributed by atoms with E-state index in [-0.39, 0.29) is 19.2 Å². The number of hydrogen-bond acceptors (Lipinski definition) is 4. The lowest BCUT2D eigenvalue weighted by molar-refractivity contribution is -0.160. The predicted molar refractivity (Wildman–Crippen MR) is 72.5 cm³/mol. The van der Waals surface area contributed by atoms with Gasteiger partial charge in [-0.1, -0.05) is 0 Å². The van der Waals surface area contributed by atoms with E-state index in [1.807, 2.05) is 0 Å². The molecule has 0 unspecified atom stereocenters. The quantitative estimate of drug-likeness (QED) is 0.630. The molecule has 1 fully saturated rings. The third-order valence-electron chi connectivity index (χ3n) is 3.34. The average Bonchev–Trinajstić information content (AvgIpc) is 2.37. The zero-order valence-corrected chi connectivity index (χ0v) is 12.2. The second kappa shape index (κ2) is 7.44. The van der Waals surface area contributed by atoms with Gasteiger partial charge in [0.1, 0.15) is 12.2 Å². The zero-order valence-electron chi connectivity index (χ0n) is 12.2. The summed E-state index contributed by atoms with van der Waals surface area (Å²) in [6.07, 6.45) is 2.52. The van der Waals surface area contributed by atoms with E-state index in [1.54, 1.807) is 23.8 Å². The maximum absolute atomic E-state index is 12.0. The van der Waals surface area contributed by atoms with Crippen LogP contribution in [0.4, 0.5) is 4.79 Å². The van der Waals surface area contributed by atoms with E-state index >= 15 is 0 Å². The fraction of sp³-hybridized carbons (Fsp3) is 0.846. The van der Waals surface area contributed by atoms with Crippen molar-refractivity contribution in [1.29, 1.82) is 0 Å². The molecule has 7 nitrogen and oxygen atoms in total. The van der Waals surface area contributed by atoms with Crippen LogP contribution >= 0.6 is 0 Å². The summed E-state index contributed by atoms with van der Waals surface area (Å²) in [7, 11) is 1.75. The van der Waals surface area contributed by atoms with Crippen LogP contribution in [0.3, 0.4) is 0 Å². The number of likely N-dealkylation sites (tertiary alicyclic amines) is 1. The Bertz CT molecular complexity index is 342. The summed E-state index contributed by atoms with van der Waals surface area (Å²) in [5.74, 6) is -1.00. The number of carbonyl (C=O) groups is 2. The highest BCUT2D eigenvalue weighted by Gasteiger charge is 2.43. The van der Waals surface area contributed by atoms with Crippen LogP contribution in [-0.4, -0.2) is 77.5 Å². The number of amides is 2. The van der Waals surface area contributed by atoms with Crippen LogP contribution in [0.25, 0.3) is 0 Å². The lowest BCUT2D eigenvalue weighted by atomic mass is 9.97. The minimum absolute atomic E-state index is 0.0644. The fourth-order valence-electron chi connectivity index (χ4n) is 2.20. The maximum atomic E-state index is 12.0. The Kier molecular flexibility index (Phi) is 6.22. The second-order valence-electron chi connectivity index (χ2n) is 5.48. The molecular formula is C13H24N2O5. The Labute approximate surface area is 119 Å². The average molecular weight is 288 g/mol. The first-order valence-corrected chi connectivity index (χ1v) is 6.84. The lowest BCUT2D eigenvalue weighted by Crippen LogP contribution is -2.65. The summed E-state index contributed by atoms with van der Waals surface area (Å²) in [6, 6.07) is -0.0644. The molecule has 0 radical (unpaired) electrons. The Morgan fingerprint density at radius 2 is 1.95 bits per heavy atom. The van der Waals surface area contributed by atoms with Crippen molar-refractivity contribution in [2.45, 2.75) is 31.8 Å². The highest BCUT2D eigenvalue weighted by atomic mass is 16.5. The molecule has 2 N–H and O–H groups in total. The van der Waals surface area contributed by atoms with Gasteiger partial charge < -0.3 is 24.7 Å². The van der Waals surface area contributed by atoms with Gasteiger partial charge in [0.05, 0.1) is 13.1 Å². The third kappa shape index (κ3) is 4.97. The summed E-state index contributed by atoms with van der Waals surface area (Å²) in [4.78, 5) is 25.8. The molecule has 0 atom stereocenters. The molecule has 0 spiro atoms. The number of rotatable bonds is 8. The molecule has 1 rings (SSSR count). The molecule has 0 aromatic carbocycles. The maximum Gasteiger partial charge on any atom is 0.329 e. The van der Waals surface area contributed by atoms with Crippen LogP contribution in [0, 0.1) is 0 Å². The second-order valence-corrected chi connectivity index (χ2v) is 5.48. The van der Waals surface area contributed by atoms with E-state index < -0.39 is 11.6 Å². The number of aliphatic carboxylic acids is 1. The number of unbranched alkanes of at least 4 members (excludes halogenated alkanes) is 2. The van der Waals surface area contributed by atoms with Crippen LogP contribution in [0.15, 0.2) is 0 Å². The number of urea groups is 1. The molecule has 1 heterocycles. The minimum atomic E-state index is -1.00. The Balaban J connectivity index is 2.24. The van der Waals surface area contributed by atoms with Gasteiger partial charge in [-0.25, -0.2) is 9.59 Å². The van der Waals surface area contributed by atoms with E-state index in [9.17, 15) is 9.59 Å². The Hall–Kier alpha value is -1.34. The predicted octanol–water partition coefficient (Wildman–Crippen LogP) is 0.376. The van der Waals surface area contributed by atoms with E-state index in [0.717, 1.165) is 19.3 Å². The Morgan fingerprint density at radius 3 is 2.50 bits per heavy atom. The van der Waals surface area contributed by atoms with E-state index in [0.29, 0.717) is 19.6 Å². The van der Waals surface area contributed by atoms with Crippen molar-refractivity contribution in [1.82, 2.24) is 9.80 Å². The molecule has 1 aliphatic heterocycles. The van der Waals surface area contributed by atoms with Crippen LogP contribution in [0.2, 0.25) is 0 Å². The first-order valence-electron chi connectivity index (χ1n) is 6.84. The number of hydrogen-bond donors (Lipinski definition) is 2. The normalized spacial score (nSPS) is 16.6. The fourth-order valence-corrected chi connectivity index (χ4v) is 2.20. The van der Waals surface area contributed by atoms with Crippen LogP contribution < -0.4 is 0 Å². The van der Waals surface area contributed by atoms with Crippen molar-refractivity contribution in [3.8, 4) is 0 Å². The Morgan fingerprint density at radius 1 is 1.30 bits per heavy atom. The molecule has 20 heavy (non-hydrogen) atoms. The molecular weight excluding hydrogens is 264 g/mol. The van der Waals surface area contributed by atoms with Crippen molar-refractivity contribution >= 4 is 12.0 Å². The summed E-state index contributed by atoms with van der Waals surface area (Å²) in [5.41, 5.74) is -0.550. The van der Waals surface area contributed by atoms with Gasteiger partial charge >= 0.3 is 12.0 Å². The van der Waals surface area contributed by atoms with E-state index in [2.05, 4.69) is 0 Å². The van der Waals surface area contributed by atoms with Crippen LogP contribution in [0.5, 0.6) is 0 Å². The molecule has 0 aromatic rings. The van der Waals surface area contributed by atoms with Gasteiger partial charge in [-0.3, -0.25) is 0 Å². The molecule has 7 heteroatoms. The summed E-state index contributed by atoms with van der Waals surface area (Å²) >= 11 is 0. The van der Waals surface area contributed by atoms with E-state index in [4.69, 9.17) is 14.9 Å². The molecule has 0 aliphatic carbocycles. The minimum Gasteiger partial charge on any atom is -0.480 e. The number of carboxylic acids is 1. The standard InChI is InChI=1S/C13H24N2O5/c1-13(20-8-11(17)18)9-15(10-13)12(19)14(2)6-4-3-5-7-16/h16H,3-10H2,1-2H3,(H,17,18). The van der Waals surface area contributed by atoms with E-state index in [1.165, 1.54) is 0 Å². The monoisotopic (exact) mass is 288 g/mol. The topological polar surface area (TPSA) is 90.3 Å². The molecule has 2 amide bonds. The van der Waals surface area contributed by atoms with Crippen molar-refractivity contribution < 1.29 is 24.5 Å². The highest BCUT2D eigenvalue weighted by Crippen LogP contribution is 2.25. The molecule has 0 aromatic heterocycles. The van der Waals surface area contributed by atoms with Gasteiger partial charge in [0.15, 0.2) is 0 Å². The first-order chi connectivity index (χ1) is 9.38. The number of carbonyl (C=O) groups excluding carboxylic acids is 1. The smallest absolute Gasteiger partial charge is 0.329 e. The van der Waals surface area contributed by atoms with Gasteiger partial charge in [-0.2, -0.15) is 0 Å². The summed E-state index contributed by atoms with van der Waals surface area (Å²) in [6.45, 7) is 3.14. The van der Waals surface area contributed by atoms with Gasteiger partial charge in [-0.15, -0.1) is 0 Å². The molecule has 1 aliphatic rings. The number of nitrogens with zero attached hydrogens (tertiary/aromatic N) is 2. The summed E-state index contributed by atoms with van der Waals surface area (Å²) < 4.78 is 5.26. The molecule has 0 saturated carbocycles. The molecule has 116 valence electrons. The van der Waals surface area contributed by atoms with Crippen molar-refractivity contribution in [2.75, 3.05) is 39.9 Å². The van der Waals surface area contributed by atoms with Crippen molar-refractivity contribution in [2.24, 2.45) is 0 Å². The van der Waals surface area contributed by atoms with Gasteiger partial charge in [0.2, 0.25) is 0 Å². The number of ether oxygens (including phenoxy) is 1. The third-order valence-corrected chi connectivity index (χ3v) is 3.34. The number of aliphatic hydroxyl groups is 1. The van der Waals surface area contributed by atoms with Crippen LogP contribution in [0.1, 0.15) is 26.2 Å². The SMILES string of the molecule is CN(CCCCCO)C(=O)N1CC(C)(OCC(=O)O)C1. The van der Waals surface area contributed by atoms with Gasteiger partial charge in [0.25, 0.3) is 0 Å². The lowest BCUT2D eigenvalue weighted by Gasteiger charge is -2.48. The number of aliphatic hydroxyl groups excluding tert-OH is 1. The molecule has 1 saturated heterocycles. The van der Waals surface area contributed by atoms with Gasteiger partial charge in [0, 0.05) is 20.2 Å². The zero-order chi connectivity index (χ0) is 15.2. The summed E-state index contributed by atoms with van der Waals surface area (Å²) in [5, 5.41) is 17.2. The van der Waals surface area contributed by atoms with Crippen molar-refractivity contribution in [3.05, 3.63) is 0 Å². The van der Waals surface area contributed by atoms with Gasteiger partial charge in [-0.05, 0) is 26.2 Å². The number of carboxylic acid groups (broad SMARTS) is 1. The van der Waals surface area contributed by atoms with Crippen LogP contribution in [-0.2, 0) is 9.53 Å². The largest absolute Gasteiger partial charge is 0.480 e. The molecule has 0 bridgehead atoms. The van der Waals surface area contributed by atoms with Crippen molar-refractivity contribution in [3.63, 3.8) is 0 Å². The highest BCUT2D eigenvalue weighted by molar-refractivity contribution is 5.75.